The minimum absolute atomic E-state index is 0. The summed E-state index contributed by atoms with van der Waals surface area (Å²) in [5.74, 6) is 0. The van der Waals surface area contributed by atoms with E-state index in [1.54, 1.807) is 0 Å². The molecule has 0 atom stereocenters. The van der Waals surface area contributed by atoms with Gasteiger partial charge in [0.1, 0.15) is 0 Å². The number of hydrogen-bond acceptors (Lipinski definition) is 1. The van der Waals surface area contributed by atoms with Gasteiger partial charge in [-0.2, -0.15) is 0 Å². The molecule has 0 amide bonds. The van der Waals surface area contributed by atoms with Crippen LogP contribution >= 0.6 is 0 Å². The summed E-state index contributed by atoms with van der Waals surface area (Å²) in [6.45, 7) is 0. The molecule has 0 fully saturated rings. The van der Waals surface area contributed by atoms with Crippen molar-refractivity contribution in [2.24, 2.45) is 0 Å². The van der Waals surface area contributed by atoms with Crippen LogP contribution in [-0.2, 0) is 3.02 Å². The first-order valence-electron chi connectivity index (χ1n) is 0.783. The summed E-state index contributed by atoms with van der Waals surface area (Å²) in [6.07, 6.45) is 0. The monoisotopic (exact) mass is 232 g/mol. The van der Waals surface area contributed by atoms with Gasteiger partial charge in [-0.25, -0.2) is 0 Å². The Kier molecular flexibility index (Phi) is 12.0. The molecule has 0 aromatic carbocycles. The Bertz CT molecular complexity index is 61.1. The van der Waals surface area contributed by atoms with Crippen LogP contribution in [0.15, 0.2) is 0 Å². The molecule has 0 spiro atoms. The zero-order valence-electron chi connectivity index (χ0n) is 5.40. The molecule has 0 bridgehead atoms. The van der Waals surface area contributed by atoms with E-state index in [0.717, 1.165) is 0 Å². The van der Waals surface area contributed by atoms with Crippen molar-refractivity contribution in [3.8, 4) is 0 Å². The minimum atomic E-state index is -5.35. The SMILES string of the molecule is O.[H-].[H-].[Mg+2].[O]=[Sb]([OH])([OH])[OH]. The fraction of sp³-hybridized carbons (Fsp3) is 0. The van der Waals surface area contributed by atoms with Gasteiger partial charge in [0.05, 0.1) is 0 Å². The molecule has 0 aromatic heterocycles. The molecule has 0 rings (SSSR count). The van der Waals surface area contributed by atoms with E-state index in [1.165, 1.54) is 0 Å². The van der Waals surface area contributed by atoms with Gasteiger partial charge in [-0.1, -0.05) is 0 Å². The Morgan fingerprint density at radius 3 is 1.29 bits per heavy atom. The van der Waals surface area contributed by atoms with E-state index < -0.39 is 20.1 Å². The predicted octanol–water partition coefficient (Wildman–Crippen LogP) is -3.15. The molecule has 7 heteroatoms. The normalized spacial score (nSPS) is 8.43. The molecular weight excluding hydrogens is 226 g/mol. The molecule has 0 radical (unpaired) electrons. The quantitative estimate of drug-likeness (QED) is 0.384. The average Bonchev–Trinajstić information content (AvgIpc) is 0.722. The topological polar surface area (TPSA) is 109 Å². The summed E-state index contributed by atoms with van der Waals surface area (Å²) in [6, 6.07) is 0. The first-order valence-corrected chi connectivity index (χ1v) is 5.25. The Morgan fingerprint density at radius 2 is 1.29 bits per heavy atom. The third-order valence-corrected chi connectivity index (χ3v) is 0. The molecule has 0 saturated carbocycles. The second-order valence-electron chi connectivity index (χ2n) is 0.513. The molecule has 0 aliphatic rings. The third-order valence-electron chi connectivity index (χ3n) is 0. The first kappa shape index (κ1) is 15.7. The Balaban J connectivity index is -0.0000000133. The fourth-order valence-electron chi connectivity index (χ4n) is 0. The average molecular weight is 233 g/mol. The third kappa shape index (κ3) is 132. The molecule has 0 heterocycles. The van der Waals surface area contributed by atoms with Crippen molar-refractivity contribution >= 4 is 43.1 Å². The van der Waals surface area contributed by atoms with Crippen LogP contribution in [0.25, 0.3) is 0 Å². The van der Waals surface area contributed by atoms with Crippen LogP contribution in [-0.4, -0.2) is 58.7 Å². The van der Waals surface area contributed by atoms with Gasteiger partial charge in [-0.15, -0.1) is 0 Å². The van der Waals surface area contributed by atoms with E-state index in [-0.39, 0.29) is 31.4 Å². The van der Waals surface area contributed by atoms with Crippen LogP contribution in [0.5, 0.6) is 0 Å². The molecule has 44 valence electrons. The molecule has 0 aromatic rings. The molecule has 0 unspecified atom stereocenters. The van der Waals surface area contributed by atoms with Gasteiger partial charge in [0.25, 0.3) is 0 Å². The molecular formula is H7MgO5Sb. The molecule has 0 aliphatic heterocycles. The van der Waals surface area contributed by atoms with Gasteiger partial charge in [-0.3, -0.25) is 0 Å². The second kappa shape index (κ2) is 5.36. The van der Waals surface area contributed by atoms with Crippen molar-refractivity contribution in [2.75, 3.05) is 0 Å². The molecule has 0 saturated heterocycles. The van der Waals surface area contributed by atoms with E-state index in [9.17, 15) is 0 Å². The standard InChI is InChI=1S/Mg.4H2O.O.Sb.2H/h;4*1H2;;;;/q+2;;;;;;+3;2*-1/p-3. The zero-order valence-corrected chi connectivity index (χ0v) is 7.37. The van der Waals surface area contributed by atoms with Crippen molar-refractivity contribution in [2.45, 2.75) is 0 Å². The molecule has 7 heavy (non-hydrogen) atoms. The second-order valence-corrected chi connectivity index (χ2v) is 3.44. The molecule has 5 nitrogen and oxygen atoms in total. The van der Waals surface area contributed by atoms with Gasteiger partial charge in [0, 0.05) is 0 Å². The van der Waals surface area contributed by atoms with Gasteiger partial charge < -0.3 is 8.33 Å². The van der Waals surface area contributed by atoms with Crippen molar-refractivity contribution in [3.05, 3.63) is 0 Å². The summed E-state index contributed by atoms with van der Waals surface area (Å²) < 4.78 is 30.8. The Morgan fingerprint density at radius 1 is 1.29 bits per heavy atom. The maximum absolute atomic E-state index is 8.97. The number of rotatable bonds is 0. The maximum atomic E-state index is 8.97. The number of hydrogen-bond donors (Lipinski definition) is 3. The van der Waals surface area contributed by atoms with Crippen LogP contribution in [0.4, 0.5) is 0 Å². The Hall–Kier alpha value is 1.22. The Labute approximate surface area is 64.5 Å². The van der Waals surface area contributed by atoms with Crippen LogP contribution in [0, 0.1) is 0 Å². The van der Waals surface area contributed by atoms with E-state index >= 15 is 0 Å². The van der Waals surface area contributed by atoms with Gasteiger partial charge in [0.2, 0.25) is 0 Å². The van der Waals surface area contributed by atoms with Crippen LogP contribution < -0.4 is 0 Å². The van der Waals surface area contributed by atoms with E-state index in [4.69, 9.17) is 13.2 Å². The van der Waals surface area contributed by atoms with Gasteiger partial charge >= 0.3 is 56.3 Å². The van der Waals surface area contributed by atoms with Crippen molar-refractivity contribution < 1.29 is 21.5 Å². The predicted molar refractivity (Wildman–Crippen MR) is 24.7 cm³/mol. The van der Waals surface area contributed by atoms with E-state index in [2.05, 4.69) is 0 Å². The van der Waals surface area contributed by atoms with Crippen molar-refractivity contribution in [1.82, 2.24) is 0 Å². The molecule has 5 N–H and O–H groups in total. The summed E-state index contributed by atoms with van der Waals surface area (Å²) in [5.41, 5.74) is 0. The summed E-state index contributed by atoms with van der Waals surface area (Å²) in [4.78, 5) is 0. The van der Waals surface area contributed by atoms with E-state index in [0.29, 0.717) is 0 Å². The summed E-state index contributed by atoms with van der Waals surface area (Å²) >= 11 is -5.35. The van der Waals surface area contributed by atoms with Gasteiger partial charge in [-0.05, 0) is 0 Å². The zero-order chi connectivity index (χ0) is 4.50. The van der Waals surface area contributed by atoms with Gasteiger partial charge in [0.15, 0.2) is 0 Å². The summed E-state index contributed by atoms with van der Waals surface area (Å²) in [7, 11) is 0. The first-order chi connectivity index (χ1) is 2.00. The van der Waals surface area contributed by atoms with Crippen LogP contribution in [0.1, 0.15) is 2.85 Å². The van der Waals surface area contributed by atoms with Crippen LogP contribution in [0.2, 0.25) is 0 Å². The fourth-order valence-corrected chi connectivity index (χ4v) is 0. The summed E-state index contributed by atoms with van der Waals surface area (Å²) in [5, 5.41) is 0. The molecule has 0 aliphatic carbocycles. The van der Waals surface area contributed by atoms with Crippen LogP contribution in [0.3, 0.4) is 0 Å². The van der Waals surface area contributed by atoms with E-state index in [1.807, 2.05) is 0 Å². The van der Waals surface area contributed by atoms with Crippen molar-refractivity contribution in [1.29, 1.82) is 0 Å². The van der Waals surface area contributed by atoms with Crippen molar-refractivity contribution in [3.63, 3.8) is 0 Å².